The summed E-state index contributed by atoms with van der Waals surface area (Å²) in [7, 11) is 0. The summed E-state index contributed by atoms with van der Waals surface area (Å²) in [5, 5.41) is 0. The van der Waals surface area contributed by atoms with Crippen LogP contribution in [0.3, 0.4) is 0 Å². The number of nitrogen functional groups attached to an aromatic ring is 2. The lowest BCUT2D eigenvalue weighted by Crippen LogP contribution is -2.06. The second-order valence-corrected chi connectivity index (χ2v) is 4.89. The molecule has 122 valence electrons. The Kier molecular flexibility index (Phi) is 3.80. The highest BCUT2D eigenvalue weighted by atomic mass is 19.2. The van der Waals surface area contributed by atoms with Gasteiger partial charge in [-0.25, -0.2) is 27.5 Å². The van der Waals surface area contributed by atoms with Crippen LogP contribution in [0.2, 0.25) is 0 Å². The van der Waals surface area contributed by atoms with Crippen LogP contribution in [-0.2, 0) is 0 Å². The maximum atomic E-state index is 14.1. The minimum atomic E-state index is -1.21. The molecule has 0 aliphatic carbocycles. The number of aromatic nitrogens is 2. The highest BCUT2D eigenvalue weighted by molar-refractivity contribution is 5.81. The van der Waals surface area contributed by atoms with Crippen molar-refractivity contribution in [1.29, 1.82) is 0 Å². The van der Waals surface area contributed by atoms with Crippen molar-refractivity contribution < 1.29 is 17.6 Å². The van der Waals surface area contributed by atoms with Gasteiger partial charge in [-0.2, -0.15) is 0 Å². The summed E-state index contributed by atoms with van der Waals surface area (Å²) < 4.78 is 55.2. The van der Waals surface area contributed by atoms with Crippen molar-refractivity contribution in [2.45, 2.75) is 0 Å². The van der Waals surface area contributed by atoms with Crippen molar-refractivity contribution in [3.63, 3.8) is 0 Å². The molecule has 1 aromatic heterocycles. The summed E-state index contributed by atoms with van der Waals surface area (Å²) in [5.74, 6) is -5.17. The number of halogens is 4. The lowest BCUT2D eigenvalue weighted by Gasteiger charge is -2.12. The Hall–Kier alpha value is -3.16. The van der Waals surface area contributed by atoms with E-state index in [0.29, 0.717) is 0 Å². The monoisotopic (exact) mass is 334 g/mol. The highest BCUT2D eigenvalue weighted by Gasteiger charge is 2.22. The van der Waals surface area contributed by atoms with E-state index < -0.39 is 23.3 Å². The zero-order valence-corrected chi connectivity index (χ0v) is 12.0. The van der Waals surface area contributed by atoms with Crippen LogP contribution in [0, 0.1) is 23.3 Å². The van der Waals surface area contributed by atoms with E-state index in [1.165, 1.54) is 24.3 Å². The number of benzene rings is 2. The molecule has 3 rings (SSSR count). The minimum Gasteiger partial charge on any atom is -0.381 e. The molecular weight excluding hydrogens is 324 g/mol. The van der Waals surface area contributed by atoms with Gasteiger partial charge < -0.3 is 11.5 Å². The molecule has 0 bridgehead atoms. The van der Waals surface area contributed by atoms with Crippen molar-refractivity contribution in [2.75, 3.05) is 11.5 Å². The Morgan fingerprint density at radius 2 is 1.00 bits per heavy atom. The van der Waals surface area contributed by atoms with Crippen molar-refractivity contribution in [2.24, 2.45) is 0 Å². The number of hydrogen-bond acceptors (Lipinski definition) is 4. The van der Waals surface area contributed by atoms with Crippen LogP contribution in [0.1, 0.15) is 0 Å². The van der Waals surface area contributed by atoms with Gasteiger partial charge >= 0.3 is 0 Å². The van der Waals surface area contributed by atoms with E-state index in [-0.39, 0.29) is 34.2 Å². The Morgan fingerprint density at radius 1 is 0.625 bits per heavy atom. The molecule has 0 fully saturated rings. The molecule has 3 aromatic rings. The highest BCUT2D eigenvalue weighted by Crippen LogP contribution is 2.35. The van der Waals surface area contributed by atoms with Gasteiger partial charge in [-0.15, -0.1) is 0 Å². The van der Waals surface area contributed by atoms with E-state index in [9.17, 15) is 17.6 Å². The average Bonchev–Trinajstić information content (AvgIpc) is 2.55. The molecule has 0 saturated carbocycles. The van der Waals surface area contributed by atoms with Crippen molar-refractivity contribution >= 4 is 11.6 Å². The minimum absolute atomic E-state index is 0.241. The Balaban J connectivity index is 2.37. The summed E-state index contributed by atoms with van der Waals surface area (Å²) in [6.07, 6.45) is 0. The number of nitrogens with zero attached hydrogens (tertiary/aromatic N) is 2. The molecule has 0 spiro atoms. The zero-order chi connectivity index (χ0) is 17.4. The van der Waals surface area contributed by atoms with Gasteiger partial charge in [0.25, 0.3) is 0 Å². The van der Waals surface area contributed by atoms with Crippen LogP contribution in [0.15, 0.2) is 36.4 Å². The predicted octanol–water partition coefficient (Wildman–Crippen LogP) is 3.53. The van der Waals surface area contributed by atoms with Crippen molar-refractivity contribution in [3.8, 4) is 22.5 Å². The molecule has 0 atom stereocenters. The summed E-state index contributed by atoms with van der Waals surface area (Å²) in [5.41, 5.74) is 10.1. The third-order valence-electron chi connectivity index (χ3n) is 3.36. The lowest BCUT2D eigenvalue weighted by molar-refractivity contribution is 0.509. The molecule has 0 aliphatic rings. The Labute approximate surface area is 133 Å². The largest absolute Gasteiger partial charge is 0.381 e. The van der Waals surface area contributed by atoms with Gasteiger partial charge in [-0.1, -0.05) is 12.1 Å². The second-order valence-electron chi connectivity index (χ2n) is 4.89. The number of hydrogen-bond donors (Lipinski definition) is 2. The molecule has 4 nitrogen and oxygen atoms in total. The second kappa shape index (κ2) is 5.80. The predicted molar refractivity (Wildman–Crippen MR) is 81.6 cm³/mol. The zero-order valence-electron chi connectivity index (χ0n) is 12.0. The molecular formula is C16H10F4N4. The Morgan fingerprint density at radius 3 is 1.38 bits per heavy atom. The maximum absolute atomic E-state index is 14.1. The van der Waals surface area contributed by atoms with E-state index in [4.69, 9.17) is 11.5 Å². The van der Waals surface area contributed by atoms with Gasteiger partial charge in [0.1, 0.15) is 11.4 Å². The van der Waals surface area contributed by atoms with Crippen molar-refractivity contribution in [3.05, 3.63) is 59.7 Å². The summed E-state index contributed by atoms with van der Waals surface area (Å²) >= 11 is 0. The van der Waals surface area contributed by atoms with Gasteiger partial charge in [0.2, 0.25) is 0 Å². The van der Waals surface area contributed by atoms with Crippen LogP contribution in [0.5, 0.6) is 0 Å². The molecule has 4 N–H and O–H groups in total. The van der Waals surface area contributed by atoms with Crippen LogP contribution >= 0.6 is 0 Å². The molecule has 0 saturated heterocycles. The van der Waals surface area contributed by atoms with Gasteiger partial charge in [-0.3, -0.25) is 0 Å². The summed E-state index contributed by atoms with van der Waals surface area (Å²) in [4.78, 5) is 7.77. The quantitative estimate of drug-likeness (QED) is 0.703. The van der Waals surface area contributed by atoms with Crippen LogP contribution in [-0.4, -0.2) is 9.97 Å². The lowest BCUT2D eigenvalue weighted by atomic mass is 10.0. The summed E-state index contributed by atoms with van der Waals surface area (Å²) in [6, 6.07) is 6.75. The molecule has 0 unspecified atom stereocenters. The SMILES string of the molecule is Nc1nc(-c2cccc(F)c2F)c(-c2cccc(F)c2F)nc1N. The maximum Gasteiger partial charge on any atom is 0.168 e. The first-order valence-corrected chi connectivity index (χ1v) is 6.72. The Bertz CT molecular complexity index is 867. The van der Waals surface area contributed by atoms with E-state index >= 15 is 0 Å². The van der Waals surface area contributed by atoms with Crippen LogP contribution in [0.4, 0.5) is 29.2 Å². The summed E-state index contributed by atoms with van der Waals surface area (Å²) in [6.45, 7) is 0. The third kappa shape index (κ3) is 2.51. The van der Waals surface area contributed by atoms with Gasteiger partial charge in [0, 0.05) is 11.1 Å². The fraction of sp³-hybridized carbons (Fsp3) is 0. The fourth-order valence-electron chi connectivity index (χ4n) is 2.21. The standard InChI is InChI=1S/C16H10F4N4/c17-9-5-1-3-7(11(9)19)13-14(24-16(22)15(21)23-13)8-4-2-6-10(18)12(8)20/h1-6H,(H2,21,23)(H2,22,24). The molecule has 0 amide bonds. The normalized spacial score (nSPS) is 10.8. The van der Waals surface area contributed by atoms with Gasteiger partial charge in [-0.05, 0) is 24.3 Å². The fourth-order valence-corrected chi connectivity index (χ4v) is 2.21. The first-order chi connectivity index (χ1) is 11.4. The van der Waals surface area contributed by atoms with Gasteiger partial charge in [0.05, 0.1) is 0 Å². The first-order valence-electron chi connectivity index (χ1n) is 6.72. The van der Waals surface area contributed by atoms with Crippen LogP contribution in [0.25, 0.3) is 22.5 Å². The number of rotatable bonds is 2. The van der Waals surface area contributed by atoms with Crippen LogP contribution < -0.4 is 11.5 Å². The molecule has 24 heavy (non-hydrogen) atoms. The molecule has 2 aromatic carbocycles. The molecule has 8 heteroatoms. The smallest absolute Gasteiger partial charge is 0.168 e. The average molecular weight is 334 g/mol. The van der Waals surface area contributed by atoms with Crippen molar-refractivity contribution in [1.82, 2.24) is 9.97 Å². The van der Waals surface area contributed by atoms with Gasteiger partial charge in [0.15, 0.2) is 34.9 Å². The molecule has 0 aliphatic heterocycles. The first kappa shape index (κ1) is 15.7. The third-order valence-corrected chi connectivity index (χ3v) is 3.36. The topological polar surface area (TPSA) is 77.8 Å². The van der Waals surface area contributed by atoms with E-state index in [1.807, 2.05) is 0 Å². The molecule has 0 radical (unpaired) electrons. The van der Waals surface area contributed by atoms with E-state index in [1.54, 1.807) is 0 Å². The van der Waals surface area contributed by atoms with E-state index in [2.05, 4.69) is 9.97 Å². The van der Waals surface area contributed by atoms with E-state index in [0.717, 1.165) is 12.1 Å². The number of nitrogens with two attached hydrogens (primary N) is 2. The number of anilines is 2. The molecule has 1 heterocycles.